The summed E-state index contributed by atoms with van der Waals surface area (Å²) in [6.45, 7) is 6.01. The monoisotopic (exact) mass is 258 g/mol. The van der Waals surface area contributed by atoms with Gasteiger partial charge in [0.05, 0.1) is 35.0 Å². The molecular weight excluding hydrogens is 244 g/mol. The predicted octanol–water partition coefficient (Wildman–Crippen LogP) is 2.61. The minimum absolute atomic E-state index is 0.00968. The van der Waals surface area contributed by atoms with Crippen LogP contribution in [-0.4, -0.2) is 14.3 Å². The van der Waals surface area contributed by atoms with E-state index in [0.29, 0.717) is 11.3 Å². The lowest BCUT2D eigenvalue weighted by molar-refractivity contribution is -0.385. The van der Waals surface area contributed by atoms with Crippen molar-refractivity contribution in [1.29, 1.82) is 5.26 Å². The molecule has 0 amide bonds. The predicted molar refractivity (Wildman–Crippen MR) is 69.9 cm³/mol. The van der Waals surface area contributed by atoms with Gasteiger partial charge in [-0.25, -0.2) is 4.98 Å². The number of fused-ring (bicyclic) bond motifs is 1. The van der Waals surface area contributed by atoms with Crippen LogP contribution >= 0.6 is 0 Å². The van der Waals surface area contributed by atoms with E-state index >= 15 is 0 Å². The van der Waals surface area contributed by atoms with Crippen LogP contribution in [0.4, 0.5) is 5.69 Å². The molecule has 0 N–H and O–H groups in total. The maximum absolute atomic E-state index is 10.8. The number of pyridine rings is 1. The minimum atomic E-state index is -0.452. The molecule has 0 saturated heterocycles. The standard InChI is InChI=1S/C13H14N4O2/c1-13(2,3)12-10(6-7-14)16-8-9(17(18)19)4-5-11(16)15-12/h4-5,8H,6H2,1-3H3. The van der Waals surface area contributed by atoms with Crippen molar-refractivity contribution >= 4 is 11.3 Å². The Balaban J connectivity index is 2.76. The first-order valence-corrected chi connectivity index (χ1v) is 5.87. The van der Waals surface area contributed by atoms with Gasteiger partial charge in [0.1, 0.15) is 5.65 Å². The van der Waals surface area contributed by atoms with Crippen LogP contribution in [0.15, 0.2) is 18.3 Å². The van der Waals surface area contributed by atoms with Gasteiger partial charge in [0.25, 0.3) is 5.69 Å². The number of aromatic nitrogens is 2. The second-order valence-electron chi connectivity index (χ2n) is 5.36. The topological polar surface area (TPSA) is 84.2 Å². The number of imidazole rings is 1. The molecule has 0 aromatic carbocycles. The first-order valence-electron chi connectivity index (χ1n) is 5.87. The Morgan fingerprint density at radius 2 is 2.16 bits per heavy atom. The van der Waals surface area contributed by atoms with Crippen LogP contribution in [0.25, 0.3) is 5.65 Å². The van der Waals surface area contributed by atoms with Crippen molar-refractivity contribution < 1.29 is 4.92 Å². The summed E-state index contributed by atoms with van der Waals surface area (Å²) in [5, 5.41) is 19.8. The van der Waals surface area contributed by atoms with E-state index in [1.165, 1.54) is 12.3 Å². The summed E-state index contributed by atoms with van der Waals surface area (Å²) in [4.78, 5) is 14.9. The minimum Gasteiger partial charge on any atom is -0.296 e. The molecule has 6 nitrogen and oxygen atoms in total. The van der Waals surface area contributed by atoms with Gasteiger partial charge < -0.3 is 0 Å². The summed E-state index contributed by atoms with van der Waals surface area (Å²) in [7, 11) is 0. The van der Waals surface area contributed by atoms with Crippen LogP contribution in [0, 0.1) is 21.4 Å². The average molecular weight is 258 g/mol. The first kappa shape index (κ1) is 13.0. The summed E-state index contributed by atoms with van der Waals surface area (Å²) in [5.74, 6) is 0. The molecule has 0 aliphatic rings. The van der Waals surface area contributed by atoms with E-state index in [9.17, 15) is 10.1 Å². The SMILES string of the molecule is CC(C)(C)c1nc2ccc([N+](=O)[O-])cn2c1CC#N. The Morgan fingerprint density at radius 3 is 2.68 bits per heavy atom. The van der Waals surface area contributed by atoms with Crippen molar-refractivity contribution in [3.8, 4) is 6.07 Å². The molecule has 2 aromatic rings. The van der Waals surface area contributed by atoms with Gasteiger partial charge in [0, 0.05) is 11.5 Å². The number of nitro groups is 1. The van der Waals surface area contributed by atoms with Gasteiger partial charge in [-0.3, -0.25) is 14.5 Å². The Labute approximate surface area is 110 Å². The van der Waals surface area contributed by atoms with Gasteiger partial charge in [0.15, 0.2) is 0 Å². The fourth-order valence-corrected chi connectivity index (χ4v) is 2.03. The Morgan fingerprint density at radius 1 is 1.47 bits per heavy atom. The molecule has 2 aromatic heterocycles. The van der Waals surface area contributed by atoms with E-state index in [1.807, 2.05) is 20.8 Å². The van der Waals surface area contributed by atoms with Gasteiger partial charge in [-0.2, -0.15) is 5.26 Å². The molecule has 98 valence electrons. The number of rotatable bonds is 2. The quantitative estimate of drug-likeness (QED) is 0.612. The fourth-order valence-electron chi connectivity index (χ4n) is 2.03. The van der Waals surface area contributed by atoms with E-state index in [-0.39, 0.29) is 17.5 Å². The molecule has 0 radical (unpaired) electrons. The molecule has 2 heterocycles. The highest BCUT2D eigenvalue weighted by molar-refractivity contribution is 5.49. The lowest BCUT2D eigenvalue weighted by Crippen LogP contribution is -2.14. The van der Waals surface area contributed by atoms with Crippen molar-refractivity contribution in [3.05, 3.63) is 39.8 Å². The van der Waals surface area contributed by atoms with Crippen molar-refractivity contribution in [2.45, 2.75) is 32.6 Å². The summed E-state index contributed by atoms with van der Waals surface area (Å²) in [6.07, 6.45) is 1.60. The molecule has 0 atom stereocenters. The molecule has 19 heavy (non-hydrogen) atoms. The van der Waals surface area contributed by atoms with Crippen LogP contribution in [0.5, 0.6) is 0 Å². The first-order chi connectivity index (χ1) is 8.84. The second kappa shape index (κ2) is 4.35. The number of nitriles is 1. The maximum Gasteiger partial charge on any atom is 0.286 e. The average Bonchev–Trinajstić information content (AvgIpc) is 2.68. The van der Waals surface area contributed by atoms with Crippen molar-refractivity contribution in [2.75, 3.05) is 0 Å². The van der Waals surface area contributed by atoms with Crippen LogP contribution in [0.1, 0.15) is 32.2 Å². The Hall–Kier alpha value is -2.42. The number of hydrogen-bond donors (Lipinski definition) is 0. The van der Waals surface area contributed by atoms with Gasteiger partial charge in [0.2, 0.25) is 0 Å². The highest BCUT2D eigenvalue weighted by atomic mass is 16.6. The summed E-state index contributed by atoms with van der Waals surface area (Å²) in [6, 6.07) is 5.12. The van der Waals surface area contributed by atoms with Crippen molar-refractivity contribution in [2.24, 2.45) is 0 Å². The van der Waals surface area contributed by atoms with Crippen LogP contribution < -0.4 is 0 Å². The van der Waals surface area contributed by atoms with Crippen LogP contribution in [-0.2, 0) is 11.8 Å². The van der Waals surface area contributed by atoms with E-state index in [0.717, 1.165) is 5.69 Å². The number of hydrogen-bond acceptors (Lipinski definition) is 4. The van der Waals surface area contributed by atoms with E-state index < -0.39 is 4.92 Å². The molecule has 0 aliphatic carbocycles. The Bertz CT molecular complexity index is 689. The molecular formula is C13H14N4O2. The molecule has 0 saturated carbocycles. The lowest BCUT2D eigenvalue weighted by Gasteiger charge is -2.16. The normalized spacial score (nSPS) is 11.5. The van der Waals surface area contributed by atoms with Gasteiger partial charge >= 0.3 is 0 Å². The van der Waals surface area contributed by atoms with Crippen molar-refractivity contribution in [1.82, 2.24) is 9.38 Å². The summed E-state index contributed by atoms with van der Waals surface area (Å²) >= 11 is 0. The highest BCUT2D eigenvalue weighted by Gasteiger charge is 2.24. The largest absolute Gasteiger partial charge is 0.296 e. The molecule has 2 rings (SSSR count). The fraction of sp³-hybridized carbons (Fsp3) is 0.385. The van der Waals surface area contributed by atoms with E-state index in [4.69, 9.17) is 5.26 Å². The smallest absolute Gasteiger partial charge is 0.286 e. The summed E-state index contributed by atoms with van der Waals surface area (Å²) < 4.78 is 1.64. The molecule has 0 unspecified atom stereocenters. The lowest BCUT2D eigenvalue weighted by atomic mass is 9.90. The molecule has 0 aliphatic heterocycles. The van der Waals surface area contributed by atoms with Gasteiger partial charge in [-0.1, -0.05) is 20.8 Å². The van der Waals surface area contributed by atoms with E-state index in [2.05, 4.69) is 11.1 Å². The van der Waals surface area contributed by atoms with E-state index in [1.54, 1.807) is 10.5 Å². The Kier molecular flexibility index (Phi) is 2.98. The van der Waals surface area contributed by atoms with Crippen LogP contribution in [0.3, 0.4) is 0 Å². The molecule has 0 bridgehead atoms. The zero-order chi connectivity index (χ0) is 14.2. The zero-order valence-corrected chi connectivity index (χ0v) is 11.0. The highest BCUT2D eigenvalue weighted by Crippen LogP contribution is 2.27. The third-order valence-electron chi connectivity index (χ3n) is 2.87. The number of nitrogens with zero attached hydrogens (tertiary/aromatic N) is 4. The molecule has 6 heteroatoms. The van der Waals surface area contributed by atoms with Gasteiger partial charge in [-0.05, 0) is 6.07 Å². The third-order valence-corrected chi connectivity index (χ3v) is 2.87. The maximum atomic E-state index is 10.8. The molecule has 0 spiro atoms. The third kappa shape index (κ3) is 2.27. The summed E-state index contributed by atoms with van der Waals surface area (Å²) in [5.41, 5.74) is 1.92. The van der Waals surface area contributed by atoms with Crippen LogP contribution in [0.2, 0.25) is 0 Å². The van der Waals surface area contributed by atoms with Crippen molar-refractivity contribution in [3.63, 3.8) is 0 Å². The molecule has 0 fully saturated rings. The van der Waals surface area contributed by atoms with Gasteiger partial charge in [-0.15, -0.1) is 0 Å². The second-order valence-corrected chi connectivity index (χ2v) is 5.36. The zero-order valence-electron chi connectivity index (χ0n) is 11.0.